The van der Waals surface area contributed by atoms with Gasteiger partial charge in [0.15, 0.2) is 0 Å². The molecule has 1 aliphatic carbocycles. The van der Waals surface area contributed by atoms with Gasteiger partial charge in [0, 0.05) is 24.0 Å². The van der Waals surface area contributed by atoms with Crippen LogP contribution in [0.3, 0.4) is 0 Å². The lowest BCUT2D eigenvalue weighted by Gasteiger charge is -2.31. The van der Waals surface area contributed by atoms with Crippen molar-refractivity contribution in [1.82, 2.24) is 9.03 Å². The van der Waals surface area contributed by atoms with E-state index in [9.17, 15) is 8.42 Å². The summed E-state index contributed by atoms with van der Waals surface area (Å²) in [5.41, 5.74) is -0.245. The maximum Gasteiger partial charge on any atom is 0.279 e. The zero-order valence-electron chi connectivity index (χ0n) is 10.8. The van der Waals surface area contributed by atoms with Crippen molar-refractivity contribution in [2.24, 2.45) is 0 Å². The summed E-state index contributed by atoms with van der Waals surface area (Å²) in [5, 5.41) is 0.715. The van der Waals surface area contributed by atoms with E-state index in [0.717, 1.165) is 51.4 Å². The van der Waals surface area contributed by atoms with Gasteiger partial charge < -0.3 is 0 Å². The average Bonchev–Trinajstić information content (AvgIpc) is 2.63. The van der Waals surface area contributed by atoms with Crippen molar-refractivity contribution in [3.8, 4) is 0 Å². The third kappa shape index (κ3) is 3.46. The van der Waals surface area contributed by atoms with Crippen LogP contribution in [-0.2, 0) is 10.2 Å². The second-order valence-electron chi connectivity index (χ2n) is 5.54. The van der Waals surface area contributed by atoms with Gasteiger partial charge in [-0.3, -0.25) is 0 Å². The predicted octanol–water partition coefficient (Wildman–Crippen LogP) is 2.40. The van der Waals surface area contributed by atoms with E-state index in [1.54, 1.807) is 4.31 Å². The van der Waals surface area contributed by atoms with Crippen LogP contribution in [0.4, 0.5) is 0 Å². The summed E-state index contributed by atoms with van der Waals surface area (Å²) in [6, 6.07) is 0. The minimum atomic E-state index is -3.31. The third-order valence-corrected chi connectivity index (χ3v) is 6.88. The summed E-state index contributed by atoms with van der Waals surface area (Å²) in [6.07, 6.45) is 8.41. The van der Waals surface area contributed by atoms with Crippen LogP contribution >= 0.6 is 15.9 Å². The lowest BCUT2D eigenvalue weighted by molar-refractivity contribution is 0.377. The highest BCUT2D eigenvalue weighted by molar-refractivity contribution is 9.09. The monoisotopic (exact) mass is 338 g/mol. The highest BCUT2D eigenvalue weighted by Gasteiger charge is 2.38. The predicted molar refractivity (Wildman–Crippen MR) is 77.1 cm³/mol. The first kappa shape index (κ1) is 14.8. The van der Waals surface area contributed by atoms with Crippen LogP contribution in [0.5, 0.6) is 0 Å². The van der Waals surface area contributed by atoms with Crippen molar-refractivity contribution < 1.29 is 8.42 Å². The summed E-state index contributed by atoms with van der Waals surface area (Å²) < 4.78 is 29.5. The maximum absolute atomic E-state index is 12.5. The summed E-state index contributed by atoms with van der Waals surface area (Å²) in [6.45, 7) is 1.35. The Balaban J connectivity index is 2.05. The molecule has 0 radical (unpaired) electrons. The SMILES string of the molecule is O=S(=O)(NC1(CBr)CCCC1)N1CCCCCC1. The number of halogens is 1. The van der Waals surface area contributed by atoms with Crippen LogP contribution < -0.4 is 4.72 Å². The zero-order chi connectivity index (χ0) is 13.1. The summed E-state index contributed by atoms with van der Waals surface area (Å²) in [7, 11) is -3.31. The smallest absolute Gasteiger partial charge is 0.195 e. The number of nitrogens with one attached hydrogen (secondary N) is 1. The average molecular weight is 339 g/mol. The molecule has 0 spiro atoms. The van der Waals surface area contributed by atoms with Crippen LogP contribution in [0.25, 0.3) is 0 Å². The second kappa shape index (κ2) is 6.20. The van der Waals surface area contributed by atoms with Gasteiger partial charge in [-0.25, -0.2) is 0 Å². The first-order valence-electron chi connectivity index (χ1n) is 6.93. The molecule has 1 N–H and O–H groups in total. The van der Waals surface area contributed by atoms with Gasteiger partial charge in [-0.1, -0.05) is 41.6 Å². The standard InChI is InChI=1S/C12H23BrN2O2S/c13-11-12(7-3-4-8-12)14-18(16,17)15-9-5-1-2-6-10-15/h14H,1-11H2. The molecule has 0 atom stereocenters. The van der Waals surface area contributed by atoms with Gasteiger partial charge in [0.25, 0.3) is 10.2 Å². The molecule has 6 heteroatoms. The number of alkyl halides is 1. The topological polar surface area (TPSA) is 49.4 Å². The Bertz CT molecular complexity index is 358. The molecule has 0 bridgehead atoms. The molecule has 1 aliphatic heterocycles. The lowest BCUT2D eigenvalue weighted by Crippen LogP contribution is -2.53. The van der Waals surface area contributed by atoms with E-state index in [-0.39, 0.29) is 5.54 Å². The molecule has 2 rings (SSSR count). The van der Waals surface area contributed by atoms with Crippen LogP contribution in [0.1, 0.15) is 51.4 Å². The second-order valence-corrected chi connectivity index (χ2v) is 7.77. The van der Waals surface area contributed by atoms with E-state index in [1.807, 2.05) is 0 Å². The van der Waals surface area contributed by atoms with Crippen molar-refractivity contribution in [1.29, 1.82) is 0 Å². The number of rotatable bonds is 4. The molecule has 2 aliphatic rings. The first-order valence-corrected chi connectivity index (χ1v) is 9.49. The molecule has 1 saturated carbocycles. The molecule has 4 nitrogen and oxygen atoms in total. The van der Waals surface area contributed by atoms with E-state index in [4.69, 9.17) is 0 Å². The maximum atomic E-state index is 12.5. The molecule has 106 valence electrons. The number of hydrogen-bond acceptors (Lipinski definition) is 2. The molecule has 0 unspecified atom stereocenters. The number of hydrogen-bond donors (Lipinski definition) is 1. The Hall–Kier alpha value is 0.350. The Morgan fingerprint density at radius 3 is 2.06 bits per heavy atom. The highest BCUT2D eigenvalue weighted by atomic mass is 79.9. The van der Waals surface area contributed by atoms with Crippen molar-refractivity contribution in [2.75, 3.05) is 18.4 Å². The van der Waals surface area contributed by atoms with Crippen LogP contribution in [0.15, 0.2) is 0 Å². The summed E-state index contributed by atoms with van der Waals surface area (Å²) >= 11 is 3.48. The van der Waals surface area contributed by atoms with Crippen LogP contribution in [0, 0.1) is 0 Å². The largest absolute Gasteiger partial charge is 0.279 e. The Morgan fingerprint density at radius 1 is 1.00 bits per heavy atom. The van der Waals surface area contributed by atoms with Gasteiger partial charge in [0.05, 0.1) is 0 Å². The molecule has 18 heavy (non-hydrogen) atoms. The molecule has 1 saturated heterocycles. The Labute approximate surface area is 119 Å². The lowest BCUT2D eigenvalue weighted by atomic mass is 10.0. The first-order chi connectivity index (χ1) is 8.58. The van der Waals surface area contributed by atoms with Crippen molar-refractivity contribution in [3.05, 3.63) is 0 Å². The van der Waals surface area contributed by atoms with E-state index in [2.05, 4.69) is 20.7 Å². The normalized spacial score (nSPS) is 26.1. The van der Waals surface area contributed by atoms with Gasteiger partial charge in [-0.15, -0.1) is 0 Å². The fourth-order valence-electron chi connectivity index (χ4n) is 2.93. The summed E-state index contributed by atoms with van der Waals surface area (Å²) in [4.78, 5) is 0. The molecule has 2 fully saturated rings. The molecule has 0 amide bonds. The van der Waals surface area contributed by atoms with E-state index in [1.165, 1.54) is 0 Å². The molecular formula is C12H23BrN2O2S. The Morgan fingerprint density at radius 2 is 1.56 bits per heavy atom. The minimum Gasteiger partial charge on any atom is -0.195 e. The third-order valence-electron chi connectivity index (χ3n) is 4.07. The van der Waals surface area contributed by atoms with E-state index >= 15 is 0 Å². The van der Waals surface area contributed by atoms with Gasteiger partial charge >= 0.3 is 0 Å². The Kier molecular flexibility index (Phi) is 5.08. The van der Waals surface area contributed by atoms with E-state index < -0.39 is 10.2 Å². The van der Waals surface area contributed by atoms with Gasteiger partial charge in [-0.2, -0.15) is 17.4 Å². The fourth-order valence-corrected chi connectivity index (χ4v) is 5.51. The molecular weight excluding hydrogens is 316 g/mol. The zero-order valence-corrected chi connectivity index (χ0v) is 13.2. The van der Waals surface area contributed by atoms with E-state index in [0.29, 0.717) is 18.4 Å². The fraction of sp³-hybridized carbons (Fsp3) is 1.00. The van der Waals surface area contributed by atoms with Gasteiger partial charge in [0.1, 0.15) is 0 Å². The number of nitrogens with zero attached hydrogens (tertiary/aromatic N) is 1. The van der Waals surface area contributed by atoms with Crippen molar-refractivity contribution in [3.63, 3.8) is 0 Å². The molecule has 0 aromatic carbocycles. The summed E-state index contributed by atoms with van der Waals surface area (Å²) in [5.74, 6) is 0. The minimum absolute atomic E-state index is 0.245. The highest BCUT2D eigenvalue weighted by Crippen LogP contribution is 2.32. The molecule has 0 aromatic heterocycles. The van der Waals surface area contributed by atoms with Crippen LogP contribution in [-0.4, -0.2) is 36.7 Å². The van der Waals surface area contributed by atoms with Crippen molar-refractivity contribution in [2.45, 2.75) is 56.9 Å². The molecule has 1 heterocycles. The van der Waals surface area contributed by atoms with Gasteiger partial charge in [0.2, 0.25) is 0 Å². The van der Waals surface area contributed by atoms with Crippen molar-refractivity contribution >= 4 is 26.1 Å². The molecule has 0 aromatic rings. The van der Waals surface area contributed by atoms with Gasteiger partial charge in [-0.05, 0) is 25.7 Å². The van der Waals surface area contributed by atoms with Crippen LogP contribution in [0.2, 0.25) is 0 Å². The quantitative estimate of drug-likeness (QED) is 0.800.